The molecule has 2 saturated heterocycles. The van der Waals surface area contributed by atoms with E-state index in [2.05, 4.69) is 10.3 Å². The van der Waals surface area contributed by atoms with Crippen molar-refractivity contribution in [2.45, 2.75) is 20.4 Å². The maximum Gasteiger partial charge on any atom is 0.313 e. The lowest BCUT2D eigenvalue weighted by Gasteiger charge is -2.21. The molecule has 7 nitrogen and oxygen atoms in total. The quantitative estimate of drug-likeness (QED) is 0.755. The maximum atomic E-state index is 12.5. The number of aromatic amines is 1. The van der Waals surface area contributed by atoms with Gasteiger partial charge >= 0.3 is 5.97 Å². The predicted octanol–water partition coefficient (Wildman–Crippen LogP) is 0.778. The molecule has 0 unspecified atom stereocenters. The van der Waals surface area contributed by atoms with E-state index in [0.717, 1.165) is 22.0 Å². The first-order chi connectivity index (χ1) is 12.3. The summed E-state index contributed by atoms with van der Waals surface area (Å²) < 4.78 is 0. The summed E-state index contributed by atoms with van der Waals surface area (Å²) in [7, 11) is 0. The number of rotatable bonds is 3. The van der Waals surface area contributed by atoms with E-state index >= 15 is 0 Å². The number of carboxylic acid groups (broad SMARTS) is 1. The standard InChI is InChI=1S/C19H21N3O4/c1-10-3-11(2)15-12(4-10)5-13(16(23)21-15)6-22-7-14-17(24)20-8-19(14,9-22)18(25)26/h3-5,14H,6-9H2,1-2H3,(H,20,24)(H,21,23)(H,25,26)/t14-,19+/m1/s1. The molecule has 0 saturated carbocycles. The predicted molar refractivity (Wildman–Crippen MR) is 95.9 cm³/mol. The average Bonchev–Trinajstić information content (AvgIpc) is 3.07. The molecule has 2 aliphatic rings. The van der Waals surface area contributed by atoms with Gasteiger partial charge in [0.15, 0.2) is 0 Å². The summed E-state index contributed by atoms with van der Waals surface area (Å²) in [5.74, 6) is -1.74. The summed E-state index contributed by atoms with van der Waals surface area (Å²) in [5.41, 5.74) is 2.28. The van der Waals surface area contributed by atoms with Crippen LogP contribution in [0.3, 0.4) is 0 Å². The summed E-state index contributed by atoms with van der Waals surface area (Å²) in [5, 5.41) is 13.3. The van der Waals surface area contributed by atoms with Crippen molar-refractivity contribution in [1.29, 1.82) is 0 Å². The minimum Gasteiger partial charge on any atom is -0.481 e. The molecule has 0 spiro atoms. The van der Waals surface area contributed by atoms with Gasteiger partial charge in [0.05, 0.1) is 11.4 Å². The summed E-state index contributed by atoms with van der Waals surface area (Å²) in [4.78, 5) is 41.1. The number of likely N-dealkylation sites (tertiary alicyclic amines) is 1. The lowest BCUT2D eigenvalue weighted by atomic mass is 9.81. The van der Waals surface area contributed by atoms with Crippen molar-refractivity contribution in [2.24, 2.45) is 11.3 Å². The van der Waals surface area contributed by atoms with E-state index in [-0.39, 0.29) is 24.6 Å². The highest BCUT2D eigenvalue weighted by Crippen LogP contribution is 2.40. The van der Waals surface area contributed by atoms with Crippen LogP contribution in [0.5, 0.6) is 0 Å². The van der Waals surface area contributed by atoms with Crippen LogP contribution in [-0.2, 0) is 16.1 Å². The Labute approximate surface area is 150 Å². The van der Waals surface area contributed by atoms with Crippen LogP contribution in [0.25, 0.3) is 10.9 Å². The number of nitrogens with one attached hydrogen (secondary N) is 2. The highest BCUT2D eigenvalue weighted by atomic mass is 16.4. The second kappa shape index (κ2) is 5.67. The molecule has 1 amide bonds. The number of carboxylic acids is 1. The van der Waals surface area contributed by atoms with Crippen molar-refractivity contribution in [2.75, 3.05) is 19.6 Å². The summed E-state index contributed by atoms with van der Waals surface area (Å²) in [6.07, 6.45) is 0. The number of pyridine rings is 1. The average molecular weight is 355 g/mol. The van der Waals surface area contributed by atoms with Crippen molar-refractivity contribution in [3.05, 3.63) is 45.2 Å². The van der Waals surface area contributed by atoms with Crippen molar-refractivity contribution in [3.63, 3.8) is 0 Å². The first kappa shape index (κ1) is 16.8. The number of benzene rings is 1. The van der Waals surface area contributed by atoms with E-state index in [0.29, 0.717) is 18.7 Å². The number of hydrogen-bond donors (Lipinski definition) is 3. The van der Waals surface area contributed by atoms with Gasteiger partial charge in [-0.05, 0) is 36.9 Å². The largest absolute Gasteiger partial charge is 0.481 e. The van der Waals surface area contributed by atoms with Crippen LogP contribution in [0.1, 0.15) is 16.7 Å². The Morgan fingerprint density at radius 2 is 2.08 bits per heavy atom. The zero-order valence-electron chi connectivity index (χ0n) is 14.8. The van der Waals surface area contributed by atoms with Gasteiger partial charge < -0.3 is 15.4 Å². The van der Waals surface area contributed by atoms with E-state index in [4.69, 9.17) is 0 Å². The van der Waals surface area contributed by atoms with Crippen LogP contribution in [0.4, 0.5) is 0 Å². The Morgan fingerprint density at radius 3 is 2.77 bits per heavy atom. The molecule has 1 aromatic carbocycles. The summed E-state index contributed by atoms with van der Waals surface area (Å²) >= 11 is 0. The van der Waals surface area contributed by atoms with Gasteiger partial charge in [-0.2, -0.15) is 0 Å². The third kappa shape index (κ3) is 2.42. The van der Waals surface area contributed by atoms with Gasteiger partial charge in [-0.15, -0.1) is 0 Å². The Bertz CT molecular complexity index is 996. The highest BCUT2D eigenvalue weighted by molar-refractivity contribution is 5.92. The lowest BCUT2D eigenvalue weighted by molar-refractivity contribution is -0.149. The van der Waals surface area contributed by atoms with Crippen LogP contribution in [-0.4, -0.2) is 46.5 Å². The SMILES string of the molecule is Cc1cc(C)c2[nH]c(=O)c(CN3C[C@@H]4C(=O)NC[C@]4(C(=O)O)C3)cc2c1. The van der Waals surface area contributed by atoms with E-state index in [9.17, 15) is 19.5 Å². The van der Waals surface area contributed by atoms with Crippen molar-refractivity contribution in [3.8, 4) is 0 Å². The molecule has 2 fully saturated rings. The fourth-order valence-corrected chi connectivity index (χ4v) is 4.39. The molecule has 1 aromatic heterocycles. The Morgan fingerprint density at radius 1 is 1.31 bits per heavy atom. The van der Waals surface area contributed by atoms with Gasteiger partial charge in [-0.3, -0.25) is 19.3 Å². The highest BCUT2D eigenvalue weighted by Gasteiger charge is 2.59. The maximum absolute atomic E-state index is 12.5. The Balaban J connectivity index is 1.66. The number of aromatic nitrogens is 1. The Kier molecular flexibility index (Phi) is 3.66. The van der Waals surface area contributed by atoms with Crippen molar-refractivity contribution in [1.82, 2.24) is 15.2 Å². The Hall–Kier alpha value is -2.67. The molecule has 0 radical (unpaired) electrons. The van der Waals surface area contributed by atoms with Gasteiger partial charge in [0.2, 0.25) is 5.91 Å². The first-order valence-electron chi connectivity index (χ1n) is 8.67. The molecule has 3 N–H and O–H groups in total. The molecule has 0 bridgehead atoms. The molecule has 26 heavy (non-hydrogen) atoms. The zero-order valence-corrected chi connectivity index (χ0v) is 14.8. The smallest absolute Gasteiger partial charge is 0.313 e. The normalized spacial score (nSPS) is 25.5. The zero-order chi connectivity index (χ0) is 18.6. The molecule has 2 aliphatic heterocycles. The molecular weight excluding hydrogens is 334 g/mol. The van der Waals surface area contributed by atoms with E-state index < -0.39 is 17.3 Å². The van der Waals surface area contributed by atoms with Crippen LogP contribution < -0.4 is 10.9 Å². The number of carbonyl (C=O) groups is 2. The molecule has 4 rings (SSSR count). The number of hydrogen-bond acceptors (Lipinski definition) is 4. The van der Waals surface area contributed by atoms with Crippen LogP contribution >= 0.6 is 0 Å². The fourth-order valence-electron chi connectivity index (χ4n) is 4.39. The van der Waals surface area contributed by atoms with Gasteiger partial charge in [-0.1, -0.05) is 11.6 Å². The number of amides is 1. The molecule has 2 aromatic rings. The topological polar surface area (TPSA) is 103 Å². The second-order valence-electron chi connectivity index (χ2n) is 7.57. The number of aryl methyl sites for hydroxylation is 2. The molecule has 2 atom stereocenters. The minimum atomic E-state index is -1.09. The molecular formula is C19H21N3O4. The monoisotopic (exact) mass is 355 g/mol. The van der Waals surface area contributed by atoms with Gasteiger partial charge in [0, 0.05) is 31.7 Å². The van der Waals surface area contributed by atoms with Crippen LogP contribution in [0.15, 0.2) is 23.0 Å². The van der Waals surface area contributed by atoms with Gasteiger partial charge in [0.25, 0.3) is 5.56 Å². The number of fused-ring (bicyclic) bond motifs is 2. The summed E-state index contributed by atoms with van der Waals surface area (Å²) in [6, 6.07) is 5.91. The lowest BCUT2D eigenvalue weighted by Crippen LogP contribution is -2.40. The van der Waals surface area contributed by atoms with E-state index in [1.54, 1.807) is 0 Å². The van der Waals surface area contributed by atoms with Crippen molar-refractivity contribution < 1.29 is 14.7 Å². The number of aliphatic carboxylic acids is 1. The van der Waals surface area contributed by atoms with Gasteiger partial charge in [-0.25, -0.2) is 0 Å². The number of H-pyrrole nitrogens is 1. The molecule has 7 heteroatoms. The summed E-state index contributed by atoms with van der Waals surface area (Å²) in [6.45, 7) is 5.06. The second-order valence-corrected chi connectivity index (χ2v) is 7.57. The third-order valence-electron chi connectivity index (χ3n) is 5.70. The molecule has 0 aliphatic carbocycles. The molecule has 136 valence electrons. The first-order valence-corrected chi connectivity index (χ1v) is 8.67. The fraction of sp³-hybridized carbons (Fsp3) is 0.421. The third-order valence-corrected chi connectivity index (χ3v) is 5.70. The van der Waals surface area contributed by atoms with Gasteiger partial charge in [0.1, 0.15) is 5.41 Å². The van der Waals surface area contributed by atoms with E-state index in [1.807, 2.05) is 36.9 Å². The number of carbonyl (C=O) groups excluding carboxylic acids is 1. The van der Waals surface area contributed by atoms with Crippen LogP contribution in [0, 0.1) is 25.2 Å². The molecule has 3 heterocycles. The number of nitrogens with zero attached hydrogens (tertiary/aromatic N) is 1. The van der Waals surface area contributed by atoms with Crippen molar-refractivity contribution >= 4 is 22.8 Å². The van der Waals surface area contributed by atoms with E-state index in [1.165, 1.54) is 0 Å². The minimum absolute atomic E-state index is 0.148. The van der Waals surface area contributed by atoms with Crippen LogP contribution in [0.2, 0.25) is 0 Å².